The van der Waals surface area contributed by atoms with E-state index in [9.17, 15) is 9.59 Å². The van der Waals surface area contributed by atoms with E-state index in [2.05, 4.69) is 0 Å². The van der Waals surface area contributed by atoms with Crippen LogP contribution in [0.25, 0.3) is 0 Å². The summed E-state index contributed by atoms with van der Waals surface area (Å²) in [4.78, 5) is 24.6. The second kappa shape index (κ2) is 4.18. The Labute approximate surface area is 88.5 Å². The van der Waals surface area contributed by atoms with Gasteiger partial charge in [-0.3, -0.25) is 9.59 Å². The van der Waals surface area contributed by atoms with Crippen molar-refractivity contribution in [1.29, 1.82) is 0 Å². The van der Waals surface area contributed by atoms with Crippen molar-refractivity contribution >= 4 is 11.8 Å². The number of nitrogens with zero attached hydrogens (tertiary/aromatic N) is 1. The van der Waals surface area contributed by atoms with Crippen LogP contribution in [0, 0.1) is 11.8 Å². The summed E-state index contributed by atoms with van der Waals surface area (Å²) in [5.74, 6) is -0.336. The van der Waals surface area contributed by atoms with Gasteiger partial charge in [0.25, 0.3) is 0 Å². The summed E-state index contributed by atoms with van der Waals surface area (Å²) in [6.07, 6.45) is 1.51. The Morgan fingerprint density at radius 1 is 1.27 bits per heavy atom. The molecule has 84 valence electrons. The van der Waals surface area contributed by atoms with Crippen LogP contribution in [0.2, 0.25) is 0 Å². The van der Waals surface area contributed by atoms with Crippen LogP contribution in [0.15, 0.2) is 0 Å². The van der Waals surface area contributed by atoms with Gasteiger partial charge in [0.2, 0.25) is 11.8 Å². The molecule has 0 spiro atoms. The smallest absolute Gasteiger partial charge is 0.228 e. The average molecular weight is 212 g/mol. The van der Waals surface area contributed by atoms with Crippen LogP contribution < -0.4 is 5.73 Å². The summed E-state index contributed by atoms with van der Waals surface area (Å²) in [5.41, 5.74) is 5.21. The molecule has 2 rings (SSSR count). The number of primary amides is 1. The van der Waals surface area contributed by atoms with Crippen LogP contribution in [-0.4, -0.2) is 43.0 Å². The molecule has 2 saturated heterocycles. The van der Waals surface area contributed by atoms with Crippen LogP contribution in [0.1, 0.15) is 12.8 Å². The topological polar surface area (TPSA) is 72.6 Å². The third kappa shape index (κ3) is 2.12. The van der Waals surface area contributed by atoms with Crippen molar-refractivity contribution in [3.8, 4) is 0 Å². The maximum atomic E-state index is 11.9. The summed E-state index contributed by atoms with van der Waals surface area (Å²) < 4.78 is 5.17. The SMILES string of the molecule is NC(=O)C1CCN(C(=O)C2CCOC2)C1. The van der Waals surface area contributed by atoms with Crippen molar-refractivity contribution in [2.45, 2.75) is 12.8 Å². The van der Waals surface area contributed by atoms with Gasteiger partial charge >= 0.3 is 0 Å². The molecule has 2 atom stereocenters. The lowest BCUT2D eigenvalue weighted by atomic mass is 10.1. The summed E-state index contributed by atoms with van der Waals surface area (Å²) in [7, 11) is 0. The first kappa shape index (κ1) is 10.4. The summed E-state index contributed by atoms with van der Waals surface area (Å²) in [6, 6.07) is 0. The lowest BCUT2D eigenvalue weighted by Gasteiger charge is -2.19. The number of ether oxygens (including phenoxy) is 1. The lowest BCUT2D eigenvalue weighted by Crippen LogP contribution is -2.36. The zero-order valence-electron chi connectivity index (χ0n) is 8.65. The molecule has 2 heterocycles. The highest BCUT2D eigenvalue weighted by atomic mass is 16.5. The zero-order valence-corrected chi connectivity index (χ0v) is 8.65. The van der Waals surface area contributed by atoms with E-state index in [0.717, 1.165) is 6.42 Å². The van der Waals surface area contributed by atoms with Gasteiger partial charge in [0, 0.05) is 19.7 Å². The number of likely N-dealkylation sites (tertiary alicyclic amines) is 1. The molecule has 0 aromatic carbocycles. The first-order valence-corrected chi connectivity index (χ1v) is 5.34. The molecule has 2 unspecified atom stereocenters. The normalized spacial score (nSPS) is 30.8. The van der Waals surface area contributed by atoms with E-state index < -0.39 is 0 Å². The molecule has 15 heavy (non-hydrogen) atoms. The van der Waals surface area contributed by atoms with Crippen LogP contribution in [0.4, 0.5) is 0 Å². The zero-order chi connectivity index (χ0) is 10.8. The number of carbonyl (C=O) groups is 2. The standard InChI is InChI=1S/C10H16N2O3/c11-9(13)7-1-3-12(5-7)10(14)8-2-4-15-6-8/h7-8H,1-6H2,(H2,11,13). The predicted octanol–water partition coefficient (Wildman–Crippen LogP) is -0.643. The molecule has 5 nitrogen and oxygen atoms in total. The molecule has 2 aliphatic rings. The Kier molecular flexibility index (Phi) is 2.90. The van der Waals surface area contributed by atoms with Gasteiger partial charge in [0.15, 0.2) is 0 Å². The van der Waals surface area contributed by atoms with Gasteiger partial charge in [-0.25, -0.2) is 0 Å². The molecule has 0 radical (unpaired) electrons. The molecule has 5 heteroatoms. The summed E-state index contributed by atoms with van der Waals surface area (Å²) in [6.45, 7) is 2.34. The van der Waals surface area contributed by atoms with E-state index in [1.807, 2.05) is 0 Å². The Morgan fingerprint density at radius 2 is 2.07 bits per heavy atom. The molecular weight excluding hydrogens is 196 g/mol. The van der Waals surface area contributed by atoms with Crippen LogP contribution in [0.3, 0.4) is 0 Å². The van der Waals surface area contributed by atoms with Gasteiger partial charge in [-0.1, -0.05) is 0 Å². The van der Waals surface area contributed by atoms with E-state index in [4.69, 9.17) is 10.5 Å². The van der Waals surface area contributed by atoms with Crippen molar-refractivity contribution in [2.24, 2.45) is 17.6 Å². The Morgan fingerprint density at radius 3 is 2.60 bits per heavy atom. The summed E-state index contributed by atoms with van der Waals surface area (Å²) >= 11 is 0. The number of hydrogen-bond donors (Lipinski definition) is 1. The molecule has 0 saturated carbocycles. The van der Waals surface area contributed by atoms with E-state index in [1.54, 1.807) is 4.90 Å². The number of nitrogens with two attached hydrogens (primary N) is 1. The first-order chi connectivity index (χ1) is 7.18. The number of hydrogen-bond acceptors (Lipinski definition) is 3. The molecule has 0 aliphatic carbocycles. The minimum Gasteiger partial charge on any atom is -0.381 e. The fourth-order valence-electron chi connectivity index (χ4n) is 2.18. The maximum absolute atomic E-state index is 11.9. The first-order valence-electron chi connectivity index (χ1n) is 5.34. The lowest BCUT2D eigenvalue weighted by molar-refractivity contribution is -0.134. The highest BCUT2D eigenvalue weighted by Crippen LogP contribution is 2.21. The van der Waals surface area contributed by atoms with E-state index in [-0.39, 0.29) is 23.7 Å². The minimum absolute atomic E-state index is 0.00312. The van der Waals surface area contributed by atoms with Crippen molar-refractivity contribution in [3.05, 3.63) is 0 Å². The summed E-state index contributed by atoms with van der Waals surface area (Å²) in [5, 5.41) is 0. The molecule has 0 aromatic rings. The number of amides is 2. The molecule has 0 aromatic heterocycles. The van der Waals surface area contributed by atoms with Gasteiger partial charge in [0.1, 0.15) is 0 Å². The molecule has 2 fully saturated rings. The van der Waals surface area contributed by atoms with Crippen molar-refractivity contribution in [1.82, 2.24) is 4.90 Å². The molecular formula is C10H16N2O3. The van der Waals surface area contributed by atoms with Crippen LogP contribution in [0.5, 0.6) is 0 Å². The van der Waals surface area contributed by atoms with Crippen LogP contribution >= 0.6 is 0 Å². The highest BCUT2D eigenvalue weighted by molar-refractivity contribution is 5.82. The van der Waals surface area contributed by atoms with Gasteiger partial charge < -0.3 is 15.4 Å². The average Bonchev–Trinajstić information content (AvgIpc) is 2.88. The fraction of sp³-hybridized carbons (Fsp3) is 0.800. The molecule has 2 aliphatic heterocycles. The molecule has 2 N–H and O–H groups in total. The number of rotatable bonds is 2. The van der Waals surface area contributed by atoms with Gasteiger partial charge in [-0.15, -0.1) is 0 Å². The van der Waals surface area contributed by atoms with Gasteiger partial charge in [0.05, 0.1) is 18.4 Å². The van der Waals surface area contributed by atoms with Crippen molar-refractivity contribution < 1.29 is 14.3 Å². The second-order valence-electron chi connectivity index (χ2n) is 4.23. The van der Waals surface area contributed by atoms with Gasteiger partial charge in [-0.05, 0) is 12.8 Å². The van der Waals surface area contributed by atoms with E-state index >= 15 is 0 Å². The van der Waals surface area contributed by atoms with Crippen molar-refractivity contribution in [3.63, 3.8) is 0 Å². The second-order valence-corrected chi connectivity index (χ2v) is 4.23. The highest BCUT2D eigenvalue weighted by Gasteiger charge is 2.34. The predicted molar refractivity (Wildman–Crippen MR) is 52.8 cm³/mol. The molecule has 0 bridgehead atoms. The van der Waals surface area contributed by atoms with E-state index in [0.29, 0.717) is 32.7 Å². The van der Waals surface area contributed by atoms with Crippen molar-refractivity contribution in [2.75, 3.05) is 26.3 Å². The Hall–Kier alpha value is -1.10. The number of carbonyl (C=O) groups excluding carboxylic acids is 2. The minimum atomic E-state index is -0.298. The quantitative estimate of drug-likeness (QED) is 0.661. The third-order valence-electron chi connectivity index (χ3n) is 3.18. The van der Waals surface area contributed by atoms with Gasteiger partial charge in [-0.2, -0.15) is 0 Å². The Balaban J connectivity index is 1.89. The largest absolute Gasteiger partial charge is 0.381 e. The van der Waals surface area contributed by atoms with E-state index in [1.165, 1.54) is 0 Å². The third-order valence-corrected chi connectivity index (χ3v) is 3.18. The maximum Gasteiger partial charge on any atom is 0.228 e. The molecule has 2 amide bonds. The fourth-order valence-corrected chi connectivity index (χ4v) is 2.18. The monoisotopic (exact) mass is 212 g/mol. The Bertz CT molecular complexity index is 274. The van der Waals surface area contributed by atoms with Crippen LogP contribution in [-0.2, 0) is 14.3 Å².